The fourth-order valence-corrected chi connectivity index (χ4v) is 4.47. The number of nitrogens with two attached hydrogens (primary N) is 2. The molecule has 0 bridgehead atoms. The molecule has 2 aromatic heterocycles. The highest BCUT2D eigenvalue weighted by Gasteiger charge is 2.39. The van der Waals surface area contributed by atoms with Crippen molar-refractivity contribution in [2.75, 3.05) is 4.90 Å². The van der Waals surface area contributed by atoms with Crippen LogP contribution in [0.1, 0.15) is 27.0 Å². The molecule has 0 atom stereocenters. The Labute approximate surface area is 204 Å². The molecular formula is C21H15F6N5O4S. The van der Waals surface area contributed by atoms with E-state index >= 15 is 0 Å². The molecule has 0 saturated heterocycles. The lowest BCUT2D eigenvalue weighted by Gasteiger charge is -2.24. The predicted molar refractivity (Wildman–Crippen MR) is 115 cm³/mol. The number of hydrogen-bond acceptors (Lipinski definition) is 7. The third-order valence-corrected chi connectivity index (χ3v) is 6.20. The van der Waals surface area contributed by atoms with E-state index in [1.54, 1.807) is 0 Å². The first-order valence-corrected chi connectivity index (χ1v) is 11.6. The summed E-state index contributed by atoms with van der Waals surface area (Å²) in [5.41, 5.74) is 2.57. The number of amides is 1. The van der Waals surface area contributed by atoms with Gasteiger partial charge in [-0.15, -0.1) is 13.2 Å². The summed E-state index contributed by atoms with van der Waals surface area (Å²) in [4.78, 5) is 21.1. The van der Waals surface area contributed by atoms with Gasteiger partial charge >= 0.3 is 12.5 Å². The number of aromatic nitrogens is 2. The molecule has 9 nitrogen and oxygen atoms in total. The molecule has 0 radical (unpaired) electrons. The molecule has 0 unspecified atom stereocenters. The lowest BCUT2D eigenvalue weighted by atomic mass is 9.95. The Morgan fingerprint density at radius 2 is 1.76 bits per heavy atom. The zero-order valence-corrected chi connectivity index (χ0v) is 19.1. The van der Waals surface area contributed by atoms with Crippen LogP contribution in [-0.2, 0) is 29.3 Å². The van der Waals surface area contributed by atoms with E-state index in [0.717, 1.165) is 24.4 Å². The summed E-state index contributed by atoms with van der Waals surface area (Å²) in [6, 6.07) is 5.61. The number of alkyl halides is 6. The Hall–Kier alpha value is -3.92. The number of rotatable bonds is 5. The lowest BCUT2D eigenvalue weighted by molar-refractivity contribution is -0.274. The van der Waals surface area contributed by atoms with Crippen LogP contribution in [0.3, 0.4) is 0 Å². The largest absolute Gasteiger partial charge is 0.573 e. The summed E-state index contributed by atoms with van der Waals surface area (Å²) >= 11 is 0. The van der Waals surface area contributed by atoms with Crippen LogP contribution in [-0.4, -0.2) is 30.7 Å². The Balaban J connectivity index is 1.91. The fourth-order valence-electron chi connectivity index (χ4n) is 3.97. The van der Waals surface area contributed by atoms with Gasteiger partial charge in [-0.2, -0.15) is 13.2 Å². The molecular weight excluding hydrogens is 532 g/mol. The number of primary amides is 1. The number of carbonyl (C=O) groups is 1. The van der Waals surface area contributed by atoms with Gasteiger partial charge in [-0.25, -0.2) is 23.5 Å². The molecule has 0 spiro atoms. The predicted octanol–water partition coefficient (Wildman–Crippen LogP) is 3.33. The molecule has 1 aliphatic rings. The molecule has 16 heteroatoms. The van der Waals surface area contributed by atoms with E-state index in [2.05, 4.69) is 14.7 Å². The van der Waals surface area contributed by atoms with Gasteiger partial charge < -0.3 is 15.4 Å². The summed E-state index contributed by atoms with van der Waals surface area (Å²) in [5, 5.41) is 4.28. The van der Waals surface area contributed by atoms with E-state index in [0.29, 0.717) is 11.8 Å². The van der Waals surface area contributed by atoms with Crippen molar-refractivity contribution in [3.05, 3.63) is 65.0 Å². The summed E-state index contributed by atoms with van der Waals surface area (Å²) in [6.07, 6.45) is -8.75. The maximum absolute atomic E-state index is 14.0. The summed E-state index contributed by atoms with van der Waals surface area (Å²) in [6.45, 7) is -0.445. The van der Waals surface area contributed by atoms with Gasteiger partial charge in [-0.05, 0) is 29.3 Å². The molecule has 3 aromatic rings. The molecule has 1 aliphatic heterocycles. The number of pyridine rings is 2. The number of halogens is 6. The van der Waals surface area contributed by atoms with Gasteiger partial charge in [0.2, 0.25) is 0 Å². The summed E-state index contributed by atoms with van der Waals surface area (Å²) in [7, 11) is -4.44. The zero-order valence-electron chi connectivity index (χ0n) is 18.3. The van der Waals surface area contributed by atoms with E-state index in [1.165, 1.54) is 17.0 Å². The molecule has 4 rings (SSSR count). The van der Waals surface area contributed by atoms with Crippen molar-refractivity contribution in [3.8, 4) is 16.9 Å². The monoisotopic (exact) mass is 547 g/mol. The van der Waals surface area contributed by atoms with Gasteiger partial charge in [0.25, 0.3) is 15.9 Å². The van der Waals surface area contributed by atoms with E-state index in [-0.39, 0.29) is 24.5 Å². The Morgan fingerprint density at radius 1 is 1.05 bits per heavy atom. The number of primary sulfonamides is 1. The maximum Gasteiger partial charge on any atom is 0.573 e. The number of hydrogen-bond donors (Lipinski definition) is 2. The third-order valence-electron chi connectivity index (χ3n) is 5.39. The van der Waals surface area contributed by atoms with Crippen LogP contribution in [0.25, 0.3) is 11.1 Å². The number of anilines is 1. The minimum atomic E-state index is -5.06. The van der Waals surface area contributed by atoms with Gasteiger partial charge in [-0.1, -0.05) is 12.1 Å². The third kappa shape index (κ3) is 5.29. The number of nitrogens with zero attached hydrogens (tertiary/aromatic N) is 3. The van der Waals surface area contributed by atoms with Crippen LogP contribution in [0, 0.1) is 0 Å². The Bertz CT molecular complexity index is 1510. The van der Waals surface area contributed by atoms with Crippen molar-refractivity contribution in [2.45, 2.75) is 30.7 Å². The fraction of sp³-hybridized carbons (Fsp3) is 0.190. The topological polar surface area (TPSA) is 142 Å². The number of ether oxygens (including phenoxy) is 1. The van der Waals surface area contributed by atoms with E-state index in [9.17, 15) is 39.6 Å². The van der Waals surface area contributed by atoms with Gasteiger partial charge in [0.15, 0.2) is 5.03 Å². The molecule has 37 heavy (non-hydrogen) atoms. The van der Waals surface area contributed by atoms with E-state index in [4.69, 9.17) is 10.9 Å². The average Bonchev–Trinajstić information content (AvgIpc) is 3.21. The first kappa shape index (κ1) is 26.2. The van der Waals surface area contributed by atoms with Crippen LogP contribution < -0.4 is 20.5 Å². The number of sulfonamides is 1. The molecule has 4 N–H and O–H groups in total. The van der Waals surface area contributed by atoms with Crippen molar-refractivity contribution < 1.29 is 44.3 Å². The van der Waals surface area contributed by atoms with Crippen LogP contribution in [0.15, 0.2) is 47.8 Å². The standard InChI is InChI=1S/C21H15F6N5O4S/c22-20(23,24)13-7-31-19(32-8-11-2-1-3-14(12(11)9-32)36-21(25,26)27)17(18(28)33)16(13)10-4-5-30-15(6-10)37(29,34)35/h1-7H,8-9H2,(H2,28,33)(H2,29,34,35). The smallest absolute Gasteiger partial charge is 0.405 e. The van der Waals surface area contributed by atoms with E-state index < -0.39 is 61.5 Å². The highest BCUT2D eigenvalue weighted by Crippen LogP contribution is 2.43. The second-order valence-electron chi connectivity index (χ2n) is 7.83. The molecule has 0 aliphatic carbocycles. The normalized spacial score (nSPS) is 14.0. The average molecular weight is 547 g/mol. The second-order valence-corrected chi connectivity index (χ2v) is 9.34. The first-order valence-electron chi connectivity index (χ1n) is 10.1. The van der Waals surface area contributed by atoms with Crippen molar-refractivity contribution in [1.82, 2.24) is 9.97 Å². The van der Waals surface area contributed by atoms with Gasteiger partial charge in [0, 0.05) is 36.6 Å². The second kappa shape index (κ2) is 8.88. The Morgan fingerprint density at radius 3 is 2.35 bits per heavy atom. The van der Waals surface area contributed by atoms with Crippen molar-refractivity contribution >= 4 is 21.7 Å². The van der Waals surface area contributed by atoms with Crippen molar-refractivity contribution in [1.29, 1.82) is 0 Å². The zero-order chi connectivity index (χ0) is 27.3. The van der Waals surface area contributed by atoms with Crippen LogP contribution in [0.2, 0.25) is 0 Å². The van der Waals surface area contributed by atoms with Gasteiger partial charge in [0.05, 0.1) is 11.1 Å². The molecule has 0 fully saturated rings. The minimum absolute atomic E-state index is 0.0823. The number of carbonyl (C=O) groups excluding carboxylic acids is 1. The first-order chi connectivity index (χ1) is 17.1. The van der Waals surface area contributed by atoms with Crippen LogP contribution in [0.5, 0.6) is 5.75 Å². The molecule has 3 heterocycles. The highest BCUT2D eigenvalue weighted by atomic mass is 32.2. The lowest BCUT2D eigenvalue weighted by Crippen LogP contribution is -2.25. The van der Waals surface area contributed by atoms with E-state index in [1.807, 2.05) is 0 Å². The molecule has 1 amide bonds. The highest BCUT2D eigenvalue weighted by molar-refractivity contribution is 7.89. The van der Waals surface area contributed by atoms with Gasteiger partial charge in [-0.3, -0.25) is 4.79 Å². The molecule has 0 saturated carbocycles. The van der Waals surface area contributed by atoms with Crippen LogP contribution in [0.4, 0.5) is 32.2 Å². The summed E-state index contributed by atoms with van der Waals surface area (Å²) in [5.74, 6) is -2.23. The minimum Gasteiger partial charge on any atom is -0.405 e. The quantitative estimate of drug-likeness (QED) is 0.467. The van der Waals surface area contributed by atoms with Gasteiger partial charge in [0.1, 0.15) is 11.6 Å². The molecule has 1 aromatic carbocycles. The SMILES string of the molecule is NC(=O)c1c(N2Cc3cccc(OC(F)(F)F)c3C2)ncc(C(F)(F)F)c1-c1ccnc(S(N)(=O)=O)c1. The Kier molecular flexibility index (Phi) is 6.28. The number of fused-ring (bicyclic) bond motifs is 1. The molecule has 196 valence electrons. The number of benzene rings is 1. The van der Waals surface area contributed by atoms with Crippen molar-refractivity contribution in [3.63, 3.8) is 0 Å². The summed E-state index contributed by atoms with van der Waals surface area (Å²) < 4.78 is 108. The maximum atomic E-state index is 14.0. The van der Waals surface area contributed by atoms with Crippen LogP contribution >= 0.6 is 0 Å². The van der Waals surface area contributed by atoms with Crippen molar-refractivity contribution in [2.24, 2.45) is 10.9 Å².